The molecule has 0 saturated heterocycles. The lowest BCUT2D eigenvalue weighted by atomic mass is 9.94. The lowest BCUT2D eigenvalue weighted by Crippen LogP contribution is -2.03. The van der Waals surface area contributed by atoms with Crippen LogP contribution in [0.25, 0.3) is 0 Å². The van der Waals surface area contributed by atoms with Crippen LogP contribution in [0.4, 0.5) is 0 Å². The highest BCUT2D eigenvalue weighted by atomic mass is 127. The molecule has 0 aliphatic heterocycles. The normalized spacial score (nSPS) is 12.4. The van der Waals surface area contributed by atoms with Crippen molar-refractivity contribution in [3.63, 3.8) is 0 Å². The largest absolute Gasteiger partial charge is 0.0619 e. The van der Waals surface area contributed by atoms with Gasteiger partial charge in [-0.15, -0.1) is 0 Å². The van der Waals surface area contributed by atoms with E-state index in [1.54, 1.807) is 0 Å². The lowest BCUT2D eigenvalue weighted by molar-refractivity contribution is 0.577. The van der Waals surface area contributed by atoms with E-state index in [-0.39, 0.29) is 0 Å². The van der Waals surface area contributed by atoms with Crippen molar-refractivity contribution in [2.24, 2.45) is 5.92 Å². The Morgan fingerprint density at radius 1 is 0.833 bits per heavy atom. The van der Waals surface area contributed by atoms with Crippen LogP contribution in [0.1, 0.15) is 23.6 Å². The Morgan fingerprint density at radius 3 is 1.78 bits per heavy atom. The average molecular weight is 350 g/mol. The smallest absolute Gasteiger partial charge is 0.0130 e. The van der Waals surface area contributed by atoms with Gasteiger partial charge >= 0.3 is 0 Å². The molecule has 0 spiro atoms. The van der Waals surface area contributed by atoms with Crippen molar-refractivity contribution in [2.75, 3.05) is 0 Å². The van der Waals surface area contributed by atoms with E-state index in [2.05, 4.69) is 85.0 Å². The van der Waals surface area contributed by atoms with Crippen LogP contribution in [0, 0.1) is 16.4 Å². The minimum Gasteiger partial charge on any atom is -0.0619 e. The first-order chi connectivity index (χ1) is 8.63. The Balaban J connectivity index is 1.94. The highest BCUT2D eigenvalue weighted by molar-refractivity contribution is 14.1. The molecule has 1 heteroatoms. The molecule has 0 bridgehead atoms. The van der Waals surface area contributed by atoms with E-state index in [1.165, 1.54) is 20.3 Å². The molecule has 0 aliphatic rings. The number of aryl methyl sites for hydroxylation is 1. The summed E-state index contributed by atoms with van der Waals surface area (Å²) in [6.07, 6.45) is 2.32. The standard InChI is InChI=1S/C17H19I/c1-13-3-5-15(6-4-13)11-14(2)12-16-7-9-17(18)10-8-16/h3-10,14H,11-12H2,1-2H3. The third kappa shape index (κ3) is 4.13. The van der Waals surface area contributed by atoms with E-state index < -0.39 is 0 Å². The summed E-state index contributed by atoms with van der Waals surface area (Å²) in [5.41, 5.74) is 4.22. The molecule has 0 amide bonds. The highest BCUT2D eigenvalue weighted by Crippen LogP contribution is 2.16. The van der Waals surface area contributed by atoms with Crippen molar-refractivity contribution in [1.29, 1.82) is 0 Å². The first-order valence-corrected chi connectivity index (χ1v) is 7.51. The Kier molecular flexibility index (Phi) is 4.81. The molecule has 0 aliphatic carbocycles. The maximum absolute atomic E-state index is 2.35. The minimum atomic E-state index is 0.688. The van der Waals surface area contributed by atoms with Crippen molar-refractivity contribution < 1.29 is 0 Å². The van der Waals surface area contributed by atoms with E-state index in [0.717, 1.165) is 12.8 Å². The van der Waals surface area contributed by atoms with Crippen LogP contribution in [0.15, 0.2) is 48.5 Å². The average Bonchev–Trinajstić information content (AvgIpc) is 2.35. The number of hydrogen-bond acceptors (Lipinski definition) is 0. The predicted octanol–water partition coefficient (Wildman–Crippen LogP) is 5.02. The Labute approximate surface area is 124 Å². The quantitative estimate of drug-likeness (QED) is 0.679. The summed E-state index contributed by atoms with van der Waals surface area (Å²) >= 11 is 2.35. The van der Waals surface area contributed by atoms with Crippen LogP contribution in [0.2, 0.25) is 0 Å². The van der Waals surface area contributed by atoms with Crippen molar-refractivity contribution >= 4 is 22.6 Å². The maximum atomic E-state index is 2.35. The summed E-state index contributed by atoms with van der Waals surface area (Å²) in [4.78, 5) is 0. The van der Waals surface area contributed by atoms with Gasteiger partial charge < -0.3 is 0 Å². The van der Waals surface area contributed by atoms with Crippen LogP contribution in [-0.4, -0.2) is 0 Å². The predicted molar refractivity (Wildman–Crippen MR) is 86.9 cm³/mol. The maximum Gasteiger partial charge on any atom is 0.0130 e. The zero-order valence-electron chi connectivity index (χ0n) is 11.0. The van der Waals surface area contributed by atoms with Gasteiger partial charge in [0.15, 0.2) is 0 Å². The van der Waals surface area contributed by atoms with E-state index in [1.807, 2.05) is 0 Å². The van der Waals surface area contributed by atoms with Gasteiger partial charge in [0, 0.05) is 3.57 Å². The second-order valence-corrected chi connectivity index (χ2v) is 6.37. The third-order valence-electron chi connectivity index (χ3n) is 3.20. The van der Waals surface area contributed by atoms with Crippen molar-refractivity contribution in [2.45, 2.75) is 26.7 Å². The first-order valence-electron chi connectivity index (χ1n) is 6.43. The SMILES string of the molecule is Cc1ccc(CC(C)Cc2ccc(I)cc2)cc1. The third-order valence-corrected chi connectivity index (χ3v) is 3.92. The monoisotopic (exact) mass is 350 g/mol. The Bertz CT molecular complexity index is 435. The molecular weight excluding hydrogens is 331 g/mol. The molecular formula is C17H19I. The van der Waals surface area contributed by atoms with Gasteiger partial charge in [-0.25, -0.2) is 0 Å². The lowest BCUT2D eigenvalue weighted by Gasteiger charge is -2.12. The van der Waals surface area contributed by atoms with E-state index in [4.69, 9.17) is 0 Å². The molecule has 0 N–H and O–H groups in total. The molecule has 0 fully saturated rings. The van der Waals surface area contributed by atoms with Gasteiger partial charge in [0.2, 0.25) is 0 Å². The fourth-order valence-corrected chi connectivity index (χ4v) is 2.58. The number of halogens is 1. The zero-order chi connectivity index (χ0) is 13.0. The van der Waals surface area contributed by atoms with Gasteiger partial charge in [-0.3, -0.25) is 0 Å². The fraction of sp³-hybridized carbons (Fsp3) is 0.294. The van der Waals surface area contributed by atoms with Gasteiger partial charge in [-0.2, -0.15) is 0 Å². The van der Waals surface area contributed by atoms with E-state index in [9.17, 15) is 0 Å². The van der Waals surface area contributed by atoms with Gasteiger partial charge in [0.05, 0.1) is 0 Å². The second-order valence-electron chi connectivity index (χ2n) is 5.13. The molecule has 1 atom stereocenters. The summed E-state index contributed by atoms with van der Waals surface area (Å²) in [6, 6.07) is 17.8. The molecule has 0 aromatic heterocycles. The second kappa shape index (κ2) is 6.37. The van der Waals surface area contributed by atoms with Crippen LogP contribution in [0.3, 0.4) is 0 Å². The van der Waals surface area contributed by atoms with Crippen molar-refractivity contribution in [3.05, 3.63) is 68.8 Å². The van der Waals surface area contributed by atoms with Crippen molar-refractivity contribution in [1.82, 2.24) is 0 Å². The Morgan fingerprint density at radius 2 is 1.28 bits per heavy atom. The van der Waals surface area contributed by atoms with E-state index >= 15 is 0 Å². The van der Waals surface area contributed by atoms with Crippen LogP contribution in [0.5, 0.6) is 0 Å². The van der Waals surface area contributed by atoms with Crippen LogP contribution in [-0.2, 0) is 12.8 Å². The summed E-state index contributed by atoms with van der Waals surface area (Å²) in [5, 5.41) is 0. The summed E-state index contributed by atoms with van der Waals surface area (Å²) in [7, 11) is 0. The van der Waals surface area contributed by atoms with Crippen molar-refractivity contribution in [3.8, 4) is 0 Å². The highest BCUT2D eigenvalue weighted by Gasteiger charge is 2.05. The van der Waals surface area contributed by atoms with Gasteiger partial charge in [0.25, 0.3) is 0 Å². The first kappa shape index (κ1) is 13.6. The molecule has 18 heavy (non-hydrogen) atoms. The van der Waals surface area contributed by atoms with Gasteiger partial charge in [0.1, 0.15) is 0 Å². The molecule has 94 valence electrons. The number of rotatable bonds is 4. The molecule has 0 radical (unpaired) electrons. The van der Waals surface area contributed by atoms with Crippen LogP contribution < -0.4 is 0 Å². The molecule has 2 aromatic rings. The van der Waals surface area contributed by atoms with Crippen LogP contribution >= 0.6 is 22.6 Å². The molecule has 2 aromatic carbocycles. The number of benzene rings is 2. The minimum absolute atomic E-state index is 0.688. The van der Waals surface area contributed by atoms with Gasteiger partial charge in [-0.05, 0) is 71.5 Å². The molecule has 2 rings (SSSR count). The Hall–Kier alpha value is -0.830. The molecule has 0 nitrogen and oxygen atoms in total. The van der Waals surface area contributed by atoms with Gasteiger partial charge in [-0.1, -0.05) is 48.9 Å². The summed E-state index contributed by atoms with van der Waals surface area (Å²) in [6.45, 7) is 4.47. The number of hydrogen-bond donors (Lipinski definition) is 0. The molecule has 1 unspecified atom stereocenters. The zero-order valence-corrected chi connectivity index (χ0v) is 13.1. The molecule has 0 heterocycles. The van der Waals surface area contributed by atoms with E-state index in [0.29, 0.717) is 5.92 Å². The summed E-state index contributed by atoms with van der Waals surface area (Å²) in [5.74, 6) is 0.688. The summed E-state index contributed by atoms with van der Waals surface area (Å²) < 4.78 is 1.31. The topological polar surface area (TPSA) is 0 Å². The fourth-order valence-electron chi connectivity index (χ4n) is 2.22. The molecule has 0 saturated carbocycles.